The minimum Gasteiger partial charge on any atom is -0.358 e. The van der Waals surface area contributed by atoms with Gasteiger partial charge in [-0.25, -0.2) is 0 Å². The molecule has 0 aromatic heterocycles. The predicted molar refractivity (Wildman–Crippen MR) is 159 cm³/mol. The van der Waals surface area contributed by atoms with E-state index in [0.29, 0.717) is 12.2 Å². The number of nitrogens with zero attached hydrogens (tertiary/aromatic N) is 1. The van der Waals surface area contributed by atoms with E-state index < -0.39 is 0 Å². The molecule has 0 fully saturated rings. The molecule has 1 N–H and O–H groups in total. The quantitative estimate of drug-likeness (QED) is 0.202. The Balaban J connectivity index is 1.68. The van der Waals surface area contributed by atoms with Crippen LogP contribution in [0.15, 0.2) is 91.1 Å². The van der Waals surface area contributed by atoms with Gasteiger partial charge in [0.2, 0.25) is 0 Å². The summed E-state index contributed by atoms with van der Waals surface area (Å²) < 4.78 is 0. The number of nitrogens with one attached hydrogen (secondary N) is 1. The summed E-state index contributed by atoms with van der Waals surface area (Å²) in [6.07, 6.45) is 8.90. The number of fused-ring (bicyclic) bond motifs is 1. The second-order valence-electron chi connectivity index (χ2n) is 9.85. The number of carbonyl (C=O) groups is 1. The minimum absolute atomic E-state index is 0.220. The summed E-state index contributed by atoms with van der Waals surface area (Å²) in [7, 11) is 0. The van der Waals surface area contributed by atoms with Crippen LogP contribution in [0.3, 0.4) is 0 Å². The van der Waals surface area contributed by atoms with Crippen molar-refractivity contribution in [3.05, 3.63) is 102 Å². The van der Waals surface area contributed by atoms with E-state index >= 15 is 0 Å². The van der Waals surface area contributed by atoms with Crippen molar-refractivity contribution in [3.63, 3.8) is 0 Å². The van der Waals surface area contributed by atoms with Crippen molar-refractivity contribution >= 4 is 22.3 Å². The van der Waals surface area contributed by atoms with Gasteiger partial charge in [0.25, 0.3) is 0 Å². The molecule has 0 saturated heterocycles. The van der Waals surface area contributed by atoms with Crippen molar-refractivity contribution in [3.8, 4) is 0 Å². The van der Waals surface area contributed by atoms with Crippen LogP contribution in [0.4, 0.5) is 0 Å². The van der Waals surface area contributed by atoms with Crippen LogP contribution in [-0.2, 0) is 11.3 Å². The second kappa shape index (κ2) is 15.2. The van der Waals surface area contributed by atoms with Gasteiger partial charge in [0.05, 0.1) is 0 Å². The summed E-state index contributed by atoms with van der Waals surface area (Å²) in [5.41, 5.74) is 4.62. The molecule has 0 aliphatic heterocycles. The fourth-order valence-corrected chi connectivity index (χ4v) is 4.98. The van der Waals surface area contributed by atoms with Crippen LogP contribution in [0, 0.1) is 0 Å². The summed E-state index contributed by atoms with van der Waals surface area (Å²) in [6, 6.07) is 26.0. The van der Waals surface area contributed by atoms with E-state index in [1.807, 2.05) is 6.92 Å². The summed E-state index contributed by atoms with van der Waals surface area (Å²) in [4.78, 5) is 14.2. The zero-order valence-corrected chi connectivity index (χ0v) is 23.0. The van der Waals surface area contributed by atoms with Gasteiger partial charge in [-0.15, -0.1) is 0 Å². The van der Waals surface area contributed by atoms with Gasteiger partial charge in [0.15, 0.2) is 0 Å². The highest BCUT2D eigenvalue weighted by Gasteiger charge is 2.21. The largest absolute Gasteiger partial charge is 0.358 e. The summed E-state index contributed by atoms with van der Waals surface area (Å²) in [5, 5.41) is 6.17. The van der Waals surface area contributed by atoms with E-state index in [0.717, 1.165) is 63.0 Å². The number of benzene rings is 3. The van der Waals surface area contributed by atoms with Crippen LogP contribution in [0.1, 0.15) is 76.8 Å². The molecule has 1 atom stereocenters. The lowest BCUT2D eigenvalue weighted by atomic mass is 10.0. The summed E-state index contributed by atoms with van der Waals surface area (Å²) in [5.74, 6) is 0.380. The molecule has 0 heterocycles. The fraction of sp³-hybridized carbons (Fsp3) is 0.382. The van der Waals surface area contributed by atoms with E-state index in [4.69, 9.17) is 0 Å². The van der Waals surface area contributed by atoms with Gasteiger partial charge in [-0.1, -0.05) is 106 Å². The van der Waals surface area contributed by atoms with Crippen molar-refractivity contribution in [2.75, 3.05) is 6.54 Å². The van der Waals surface area contributed by atoms with Crippen molar-refractivity contribution in [2.24, 2.45) is 0 Å². The van der Waals surface area contributed by atoms with Crippen LogP contribution in [0.25, 0.3) is 16.5 Å². The van der Waals surface area contributed by atoms with E-state index in [2.05, 4.69) is 110 Å². The molecule has 3 aromatic carbocycles. The average molecular weight is 497 g/mol. The Morgan fingerprint density at radius 2 is 1.62 bits per heavy atom. The molecule has 0 saturated carbocycles. The minimum atomic E-state index is 0.220. The van der Waals surface area contributed by atoms with Gasteiger partial charge in [0.1, 0.15) is 5.78 Å². The molecule has 0 aliphatic carbocycles. The zero-order valence-electron chi connectivity index (χ0n) is 23.0. The van der Waals surface area contributed by atoms with E-state index in [-0.39, 0.29) is 6.04 Å². The molecule has 37 heavy (non-hydrogen) atoms. The van der Waals surface area contributed by atoms with Crippen molar-refractivity contribution < 1.29 is 4.79 Å². The van der Waals surface area contributed by atoms with Crippen molar-refractivity contribution in [1.82, 2.24) is 10.2 Å². The number of carbonyl (C=O) groups excluding carboxylic acids is 1. The van der Waals surface area contributed by atoms with Crippen LogP contribution < -0.4 is 5.32 Å². The van der Waals surface area contributed by atoms with Crippen LogP contribution in [-0.4, -0.2) is 23.3 Å². The van der Waals surface area contributed by atoms with Gasteiger partial charge in [-0.3, -0.25) is 9.69 Å². The molecular weight excluding hydrogens is 452 g/mol. The number of unbranched alkanes of at least 4 members (excludes halogenated alkanes) is 3. The van der Waals surface area contributed by atoms with Crippen molar-refractivity contribution in [1.29, 1.82) is 0 Å². The first-order valence-corrected chi connectivity index (χ1v) is 14.0. The molecule has 3 nitrogen and oxygen atoms in total. The normalized spacial score (nSPS) is 12.6. The number of hydrogen-bond acceptors (Lipinski definition) is 3. The average Bonchev–Trinajstić information content (AvgIpc) is 2.93. The highest BCUT2D eigenvalue weighted by molar-refractivity contribution is 5.86. The van der Waals surface area contributed by atoms with Gasteiger partial charge in [-0.2, -0.15) is 0 Å². The Bertz CT molecular complexity index is 1160. The Kier molecular flexibility index (Phi) is 11.6. The van der Waals surface area contributed by atoms with Gasteiger partial charge < -0.3 is 5.32 Å². The number of hydrogen-bond donors (Lipinski definition) is 1. The molecule has 3 heteroatoms. The molecule has 0 radical (unpaired) electrons. The van der Waals surface area contributed by atoms with E-state index in [1.165, 1.54) is 21.9 Å². The van der Waals surface area contributed by atoms with Crippen LogP contribution >= 0.6 is 0 Å². The Hall–Kier alpha value is -3.17. The standard InChI is InChI=1S/C34H44N2O/c1-5-32(37)21-13-8-9-16-24-36(26-28-17-11-10-12-18-28)34(7-3)27(4)35-33(6-2)31-23-22-29-19-14-15-20-30(29)25-31/h6,10-12,14-15,17-20,22-23,25,34-35H,4-5,7-9,13,16,21,24,26H2,1-3H3/b33-6-. The number of allylic oxidation sites excluding steroid dienone is 1. The lowest BCUT2D eigenvalue weighted by Crippen LogP contribution is -2.40. The maximum atomic E-state index is 11.6. The first-order chi connectivity index (χ1) is 18.0. The molecule has 0 amide bonds. The van der Waals surface area contributed by atoms with Crippen molar-refractivity contribution in [2.45, 2.75) is 78.3 Å². The molecule has 0 spiro atoms. The highest BCUT2D eigenvalue weighted by atomic mass is 16.1. The van der Waals surface area contributed by atoms with E-state index in [1.54, 1.807) is 0 Å². The molecule has 0 bridgehead atoms. The topological polar surface area (TPSA) is 32.3 Å². The SMILES string of the molecule is C=C(N/C(=C\C)c1ccc2ccccc2c1)C(CC)N(CCCCCCC(=O)CC)Cc1ccccc1. The Morgan fingerprint density at radius 1 is 0.919 bits per heavy atom. The third-order valence-electron chi connectivity index (χ3n) is 7.15. The first kappa shape index (κ1) is 28.4. The maximum Gasteiger partial charge on any atom is 0.132 e. The molecule has 3 rings (SSSR count). The summed E-state index contributed by atoms with van der Waals surface area (Å²) in [6.45, 7) is 12.7. The zero-order chi connectivity index (χ0) is 26.5. The maximum absolute atomic E-state index is 11.6. The van der Waals surface area contributed by atoms with Gasteiger partial charge >= 0.3 is 0 Å². The van der Waals surface area contributed by atoms with Gasteiger partial charge in [-0.05, 0) is 60.7 Å². The number of Topliss-reactive ketones (excluding diaryl/α,β-unsaturated/α-hetero) is 1. The molecule has 0 aliphatic rings. The number of ketones is 1. The number of rotatable bonds is 16. The Labute approximate surface area is 224 Å². The molecular formula is C34H44N2O. The lowest BCUT2D eigenvalue weighted by Gasteiger charge is -2.33. The fourth-order valence-electron chi connectivity index (χ4n) is 4.98. The van der Waals surface area contributed by atoms with E-state index in [9.17, 15) is 4.79 Å². The molecule has 3 aromatic rings. The van der Waals surface area contributed by atoms with Crippen LogP contribution in [0.5, 0.6) is 0 Å². The summed E-state index contributed by atoms with van der Waals surface area (Å²) >= 11 is 0. The smallest absolute Gasteiger partial charge is 0.132 e. The lowest BCUT2D eigenvalue weighted by molar-refractivity contribution is -0.118. The predicted octanol–water partition coefficient (Wildman–Crippen LogP) is 8.51. The van der Waals surface area contributed by atoms with Crippen LogP contribution in [0.2, 0.25) is 0 Å². The molecule has 196 valence electrons. The van der Waals surface area contributed by atoms with Gasteiger partial charge in [0, 0.05) is 36.8 Å². The molecule has 1 unspecified atom stereocenters. The third-order valence-corrected chi connectivity index (χ3v) is 7.15. The third kappa shape index (κ3) is 8.72. The monoisotopic (exact) mass is 496 g/mol. The second-order valence-corrected chi connectivity index (χ2v) is 9.85. The highest BCUT2D eigenvalue weighted by Crippen LogP contribution is 2.23. The Morgan fingerprint density at radius 3 is 2.32 bits per heavy atom. The first-order valence-electron chi connectivity index (χ1n) is 14.0.